The molecule has 0 saturated carbocycles. The van der Waals surface area contributed by atoms with Gasteiger partial charge in [0.25, 0.3) is 5.56 Å². The molecule has 1 aliphatic rings. The molecular formula is C22H23N3O3. The van der Waals surface area contributed by atoms with Crippen molar-refractivity contribution in [2.24, 2.45) is 5.92 Å². The molecule has 0 fully saturated rings. The number of carbonyl (C=O) groups is 1. The standard InChI is InChI=1S/C22H23N3O3/c1-15-5-4-7-18-21(15)24-14-25(22(18)27)10-9-20(26)23-12-16-11-17-6-2-3-8-19(17)28-13-16/h2-8,14,16H,9-13H2,1H3,(H,23,26). The van der Waals surface area contributed by atoms with Crippen molar-refractivity contribution in [3.8, 4) is 5.75 Å². The number of aryl methyl sites for hydroxylation is 2. The molecule has 0 aliphatic carbocycles. The molecule has 2 heterocycles. The Morgan fingerprint density at radius 3 is 3.00 bits per heavy atom. The van der Waals surface area contributed by atoms with Crippen molar-refractivity contribution >= 4 is 16.8 Å². The predicted molar refractivity (Wildman–Crippen MR) is 107 cm³/mol. The van der Waals surface area contributed by atoms with E-state index in [1.165, 1.54) is 16.5 Å². The molecular weight excluding hydrogens is 354 g/mol. The summed E-state index contributed by atoms with van der Waals surface area (Å²) in [6, 6.07) is 13.5. The topological polar surface area (TPSA) is 73.2 Å². The second-order valence-corrected chi connectivity index (χ2v) is 7.26. The Balaban J connectivity index is 1.32. The number of benzene rings is 2. The van der Waals surface area contributed by atoms with E-state index in [-0.39, 0.29) is 23.8 Å². The van der Waals surface area contributed by atoms with Gasteiger partial charge in [0, 0.05) is 25.4 Å². The van der Waals surface area contributed by atoms with E-state index in [2.05, 4.69) is 16.4 Å². The third-order valence-corrected chi connectivity index (χ3v) is 5.18. The molecule has 1 amide bonds. The van der Waals surface area contributed by atoms with E-state index in [4.69, 9.17) is 4.74 Å². The summed E-state index contributed by atoms with van der Waals surface area (Å²) in [5, 5.41) is 3.55. The van der Waals surface area contributed by atoms with Crippen LogP contribution in [0.4, 0.5) is 0 Å². The molecule has 3 aromatic rings. The third kappa shape index (κ3) is 3.76. The highest BCUT2D eigenvalue weighted by Gasteiger charge is 2.20. The maximum absolute atomic E-state index is 12.6. The van der Waals surface area contributed by atoms with Gasteiger partial charge in [-0.25, -0.2) is 4.98 Å². The Kier molecular flexibility index (Phi) is 5.10. The largest absolute Gasteiger partial charge is 0.493 e. The smallest absolute Gasteiger partial charge is 0.261 e. The van der Waals surface area contributed by atoms with Crippen molar-refractivity contribution in [2.75, 3.05) is 13.2 Å². The Morgan fingerprint density at radius 1 is 1.25 bits per heavy atom. The van der Waals surface area contributed by atoms with Crippen LogP contribution in [0, 0.1) is 12.8 Å². The van der Waals surface area contributed by atoms with Crippen LogP contribution in [-0.4, -0.2) is 28.6 Å². The first-order chi connectivity index (χ1) is 13.6. The van der Waals surface area contributed by atoms with E-state index in [1.54, 1.807) is 6.07 Å². The van der Waals surface area contributed by atoms with E-state index in [0.717, 1.165) is 17.7 Å². The lowest BCUT2D eigenvalue weighted by atomic mass is 9.97. The minimum absolute atomic E-state index is 0.0740. The van der Waals surface area contributed by atoms with Gasteiger partial charge in [-0.05, 0) is 36.6 Å². The monoisotopic (exact) mass is 377 g/mol. The number of ether oxygens (including phenoxy) is 1. The number of hydrogen-bond donors (Lipinski definition) is 1. The SMILES string of the molecule is Cc1cccc2c(=O)n(CCC(=O)NCC3COc4ccccc4C3)cnc12. The van der Waals surface area contributed by atoms with E-state index >= 15 is 0 Å². The first-order valence-corrected chi connectivity index (χ1v) is 9.54. The summed E-state index contributed by atoms with van der Waals surface area (Å²) in [7, 11) is 0. The molecule has 4 rings (SSSR count). The fourth-order valence-electron chi connectivity index (χ4n) is 3.59. The summed E-state index contributed by atoms with van der Waals surface area (Å²) in [5.74, 6) is 1.12. The van der Waals surface area contributed by atoms with Gasteiger partial charge >= 0.3 is 0 Å². The first kappa shape index (κ1) is 18.2. The zero-order valence-electron chi connectivity index (χ0n) is 15.9. The lowest BCUT2D eigenvalue weighted by molar-refractivity contribution is -0.121. The Morgan fingerprint density at radius 2 is 2.11 bits per heavy atom. The molecule has 28 heavy (non-hydrogen) atoms. The number of nitrogens with one attached hydrogen (secondary N) is 1. The minimum atomic E-state index is -0.112. The van der Waals surface area contributed by atoms with E-state index in [1.807, 2.05) is 37.3 Å². The second-order valence-electron chi connectivity index (χ2n) is 7.26. The highest BCUT2D eigenvalue weighted by molar-refractivity contribution is 5.80. The molecule has 1 atom stereocenters. The van der Waals surface area contributed by atoms with Gasteiger partial charge in [-0.1, -0.05) is 30.3 Å². The summed E-state index contributed by atoms with van der Waals surface area (Å²) in [6.45, 7) is 3.41. The molecule has 1 aliphatic heterocycles. The summed E-state index contributed by atoms with van der Waals surface area (Å²) in [6.07, 6.45) is 2.66. The fraction of sp³-hybridized carbons (Fsp3) is 0.318. The zero-order valence-corrected chi connectivity index (χ0v) is 15.9. The molecule has 0 radical (unpaired) electrons. The van der Waals surface area contributed by atoms with Gasteiger partial charge < -0.3 is 10.1 Å². The van der Waals surface area contributed by atoms with Gasteiger partial charge in [0.15, 0.2) is 0 Å². The maximum Gasteiger partial charge on any atom is 0.261 e. The normalized spacial score (nSPS) is 15.7. The minimum Gasteiger partial charge on any atom is -0.493 e. The number of para-hydroxylation sites is 2. The number of carbonyl (C=O) groups excluding carboxylic acids is 1. The molecule has 1 unspecified atom stereocenters. The van der Waals surface area contributed by atoms with Crippen molar-refractivity contribution in [1.82, 2.24) is 14.9 Å². The van der Waals surface area contributed by atoms with Gasteiger partial charge in [0.1, 0.15) is 5.75 Å². The van der Waals surface area contributed by atoms with Crippen LogP contribution in [0.3, 0.4) is 0 Å². The van der Waals surface area contributed by atoms with Crippen molar-refractivity contribution in [3.05, 3.63) is 70.3 Å². The van der Waals surface area contributed by atoms with Crippen molar-refractivity contribution in [1.29, 1.82) is 0 Å². The number of aromatic nitrogens is 2. The van der Waals surface area contributed by atoms with Crippen LogP contribution in [0.1, 0.15) is 17.5 Å². The Hall–Kier alpha value is -3.15. The van der Waals surface area contributed by atoms with Crippen molar-refractivity contribution in [2.45, 2.75) is 26.3 Å². The van der Waals surface area contributed by atoms with Gasteiger partial charge in [-0.2, -0.15) is 0 Å². The van der Waals surface area contributed by atoms with Crippen LogP contribution in [-0.2, 0) is 17.8 Å². The zero-order chi connectivity index (χ0) is 19.5. The molecule has 1 N–H and O–H groups in total. The molecule has 6 heteroatoms. The van der Waals surface area contributed by atoms with Crippen molar-refractivity contribution < 1.29 is 9.53 Å². The summed E-state index contributed by atoms with van der Waals surface area (Å²) in [4.78, 5) is 29.2. The van der Waals surface area contributed by atoms with Crippen LogP contribution in [0.2, 0.25) is 0 Å². The van der Waals surface area contributed by atoms with Gasteiger partial charge in [0.05, 0.1) is 23.8 Å². The number of nitrogens with zero attached hydrogens (tertiary/aromatic N) is 2. The Bertz CT molecular complexity index is 1070. The number of amides is 1. The maximum atomic E-state index is 12.6. The number of fused-ring (bicyclic) bond motifs is 2. The van der Waals surface area contributed by atoms with Crippen LogP contribution in [0.15, 0.2) is 53.6 Å². The molecule has 144 valence electrons. The Labute approximate surface area is 163 Å². The van der Waals surface area contributed by atoms with E-state index in [9.17, 15) is 9.59 Å². The summed E-state index contributed by atoms with van der Waals surface area (Å²) in [5.41, 5.74) is 2.75. The highest BCUT2D eigenvalue weighted by atomic mass is 16.5. The average Bonchev–Trinajstić information content (AvgIpc) is 2.72. The van der Waals surface area contributed by atoms with Crippen LogP contribution >= 0.6 is 0 Å². The lowest BCUT2D eigenvalue weighted by Gasteiger charge is -2.25. The van der Waals surface area contributed by atoms with Gasteiger partial charge in [0.2, 0.25) is 5.91 Å². The number of hydrogen-bond acceptors (Lipinski definition) is 4. The van der Waals surface area contributed by atoms with E-state index in [0.29, 0.717) is 30.6 Å². The predicted octanol–water partition coefficient (Wildman–Crippen LogP) is 2.46. The molecule has 0 bridgehead atoms. The van der Waals surface area contributed by atoms with Gasteiger partial charge in [-0.15, -0.1) is 0 Å². The van der Waals surface area contributed by atoms with Crippen LogP contribution in [0.25, 0.3) is 10.9 Å². The summed E-state index contributed by atoms with van der Waals surface area (Å²) < 4.78 is 7.26. The molecule has 0 spiro atoms. The van der Waals surface area contributed by atoms with Gasteiger partial charge in [-0.3, -0.25) is 14.2 Å². The highest BCUT2D eigenvalue weighted by Crippen LogP contribution is 2.26. The first-order valence-electron chi connectivity index (χ1n) is 9.54. The number of rotatable bonds is 5. The van der Waals surface area contributed by atoms with Crippen molar-refractivity contribution in [3.63, 3.8) is 0 Å². The van der Waals surface area contributed by atoms with E-state index < -0.39 is 0 Å². The fourth-order valence-corrected chi connectivity index (χ4v) is 3.59. The lowest BCUT2D eigenvalue weighted by Crippen LogP contribution is -2.35. The molecule has 2 aromatic carbocycles. The van der Waals surface area contributed by atoms with Crippen LogP contribution < -0.4 is 15.6 Å². The molecule has 0 saturated heterocycles. The molecule has 6 nitrogen and oxygen atoms in total. The van der Waals surface area contributed by atoms with Crippen LogP contribution in [0.5, 0.6) is 5.75 Å². The summed E-state index contributed by atoms with van der Waals surface area (Å²) >= 11 is 0. The average molecular weight is 377 g/mol. The third-order valence-electron chi connectivity index (χ3n) is 5.18. The quantitative estimate of drug-likeness (QED) is 0.741. The second kappa shape index (κ2) is 7.84. The molecule has 1 aromatic heterocycles.